The van der Waals surface area contributed by atoms with Crippen molar-refractivity contribution in [1.82, 2.24) is 14.8 Å². The van der Waals surface area contributed by atoms with E-state index in [1.54, 1.807) is 18.2 Å². The average molecular weight is 493 g/mol. The third kappa shape index (κ3) is 5.86. The molecule has 9 heteroatoms. The highest BCUT2D eigenvalue weighted by molar-refractivity contribution is 7.99. The zero-order valence-corrected chi connectivity index (χ0v) is 20.5. The number of nitro groups is 1. The Morgan fingerprint density at radius 2 is 1.77 bits per heavy atom. The van der Waals surface area contributed by atoms with Crippen molar-refractivity contribution in [3.8, 4) is 11.4 Å². The Bertz CT molecular complexity index is 1340. The number of halogens is 1. The molecule has 35 heavy (non-hydrogen) atoms. The molecular weight excluding hydrogens is 467 g/mol. The Hall–Kier alpha value is -3.72. The number of hydrogen-bond acceptors (Lipinski definition) is 6. The molecule has 4 aromatic rings. The fourth-order valence-corrected chi connectivity index (χ4v) is 4.87. The summed E-state index contributed by atoms with van der Waals surface area (Å²) >= 11 is 1.28. The topological polar surface area (TPSA) is 83.1 Å². The van der Waals surface area contributed by atoms with E-state index in [1.165, 1.54) is 29.5 Å². The van der Waals surface area contributed by atoms with Crippen molar-refractivity contribution in [2.45, 2.75) is 37.8 Å². The second-order valence-corrected chi connectivity index (χ2v) is 9.38. The lowest BCUT2D eigenvalue weighted by Gasteiger charge is -2.18. The second-order valence-electron chi connectivity index (χ2n) is 8.21. The van der Waals surface area contributed by atoms with Gasteiger partial charge in [-0.25, -0.2) is 4.39 Å². The number of aromatic nitrogens is 3. The predicted molar refractivity (Wildman–Crippen MR) is 133 cm³/mol. The average Bonchev–Trinajstić information content (AvgIpc) is 3.20. The van der Waals surface area contributed by atoms with Crippen LogP contribution in [0.5, 0.6) is 5.75 Å². The van der Waals surface area contributed by atoms with Crippen LogP contribution < -0.4 is 4.74 Å². The lowest BCUT2D eigenvalue weighted by atomic mass is 10.1. The van der Waals surface area contributed by atoms with Crippen molar-refractivity contribution in [3.05, 3.63) is 111 Å². The summed E-state index contributed by atoms with van der Waals surface area (Å²) in [6.07, 6.45) is 0. The van der Waals surface area contributed by atoms with E-state index in [2.05, 4.69) is 16.3 Å². The molecule has 0 aliphatic carbocycles. The van der Waals surface area contributed by atoms with Gasteiger partial charge < -0.3 is 4.74 Å². The van der Waals surface area contributed by atoms with Crippen LogP contribution in [0.3, 0.4) is 0 Å². The first kappa shape index (κ1) is 24.4. The quantitative estimate of drug-likeness (QED) is 0.161. The molecule has 0 radical (unpaired) electrons. The molecule has 0 N–H and O–H groups in total. The maximum atomic E-state index is 13.2. The molecule has 0 aliphatic heterocycles. The SMILES string of the molecule is Cc1ccc(-n2c(C)nnc2S[C@H](C[N+](=O)[O-])c2ccccc2OCc2ccc(F)cc2)cc1C. The Kier molecular flexibility index (Phi) is 7.45. The smallest absolute Gasteiger partial charge is 0.220 e. The molecule has 4 rings (SSSR count). The maximum absolute atomic E-state index is 13.2. The van der Waals surface area contributed by atoms with Crippen molar-refractivity contribution in [2.75, 3.05) is 6.54 Å². The molecule has 0 aliphatic rings. The zero-order chi connectivity index (χ0) is 24.9. The van der Waals surface area contributed by atoms with Gasteiger partial charge in [0.1, 0.15) is 29.2 Å². The first-order chi connectivity index (χ1) is 16.8. The van der Waals surface area contributed by atoms with Crippen LogP contribution >= 0.6 is 11.8 Å². The van der Waals surface area contributed by atoms with Gasteiger partial charge >= 0.3 is 0 Å². The molecule has 180 valence electrons. The highest BCUT2D eigenvalue weighted by atomic mass is 32.2. The van der Waals surface area contributed by atoms with Crippen LogP contribution in [0.2, 0.25) is 0 Å². The summed E-state index contributed by atoms with van der Waals surface area (Å²) in [5.41, 5.74) is 4.69. The number of para-hydroxylation sites is 1. The van der Waals surface area contributed by atoms with Gasteiger partial charge in [-0.1, -0.05) is 48.2 Å². The molecule has 0 amide bonds. The second kappa shape index (κ2) is 10.7. The lowest BCUT2D eigenvalue weighted by Crippen LogP contribution is -2.12. The molecule has 1 aromatic heterocycles. The van der Waals surface area contributed by atoms with Gasteiger partial charge in [0.2, 0.25) is 6.54 Å². The van der Waals surface area contributed by atoms with Crippen LogP contribution in [-0.2, 0) is 6.61 Å². The Balaban J connectivity index is 1.65. The molecule has 0 fully saturated rings. The normalized spacial score (nSPS) is 11.9. The van der Waals surface area contributed by atoms with Gasteiger partial charge in [0.25, 0.3) is 0 Å². The van der Waals surface area contributed by atoms with E-state index < -0.39 is 5.25 Å². The maximum Gasteiger partial charge on any atom is 0.220 e. The number of thioether (sulfide) groups is 1. The van der Waals surface area contributed by atoms with Crippen molar-refractivity contribution in [1.29, 1.82) is 0 Å². The van der Waals surface area contributed by atoms with E-state index >= 15 is 0 Å². The van der Waals surface area contributed by atoms with Gasteiger partial charge in [0.15, 0.2) is 5.16 Å². The fraction of sp³-hybridized carbons (Fsp3) is 0.231. The van der Waals surface area contributed by atoms with Gasteiger partial charge in [-0.2, -0.15) is 0 Å². The van der Waals surface area contributed by atoms with Crippen molar-refractivity contribution >= 4 is 11.8 Å². The Labute approximate surface area is 207 Å². The third-order valence-corrected chi connectivity index (χ3v) is 6.84. The minimum atomic E-state index is -0.566. The van der Waals surface area contributed by atoms with E-state index in [4.69, 9.17) is 4.74 Å². The molecule has 0 saturated heterocycles. The number of rotatable bonds is 9. The number of benzene rings is 3. The van der Waals surface area contributed by atoms with Crippen molar-refractivity contribution in [3.63, 3.8) is 0 Å². The predicted octanol–water partition coefficient (Wildman–Crippen LogP) is 6.02. The highest BCUT2D eigenvalue weighted by Gasteiger charge is 2.26. The van der Waals surface area contributed by atoms with Crippen LogP contribution in [0, 0.1) is 36.7 Å². The fourth-order valence-electron chi connectivity index (χ4n) is 3.66. The van der Waals surface area contributed by atoms with Gasteiger partial charge in [-0.3, -0.25) is 14.7 Å². The van der Waals surface area contributed by atoms with Crippen LogP contribution in [0.25, 0.3) is 5.69 Å². The van der Waals surface area contributed by atoms with E-state index in [0.717, 1.165) is 16.8 Å². The van der Waals surface area contributed by atoms with Crippen LogP contribution in [0.15, 0.2) is 71.9 Å². The van der Waals surface area contributed by atoms with Gasteiger partial charge in [0.05, 0.1) is 0 Å². The van der Waals surface area contributed by atoms with Crippen LogP contribution in [0.1, 0.15) is 33.3 Å². The molecule has 0 spiro atoms. The summed E-state index contributed by atoms with van der Waals surface area (Å²) < 4.78 is 21.1. The first-order valence-corrected chi connectivity index (χ1v) is 11.9. The molecule has 1 atom stereocenters. The van der Waals surface area contributed by atoms with Gasteiger partial charge in [0, 0.05) is 16.2 Å². The van der Waals surface area contributed by atoms with Crippen LogP contribution in [-0.4, -0.2) is 26.2 Å². The van der Waals surface area contributed by atoms with Gasteiger partial charge in [-0.15, -0.1) is 10.2 Å². The Morgan fingerprint density at radius 3 is 2.49 bits per heavy atom. The number of hydrogen-bond donors (Lipinski definition) is 0. The highest BCUT2D eigenvalue weighted by Crippen LogP contribution is 2.40. The minimum Gasteiger partial charge on any atom is -0.489 e. The molecular formula is C26H25FN4O3S. The number of nitrogens with zero attached hydrogens (tertiary/aromatic N) is 4. The molecule has 3 aromatic carbocycles. The summed E-state index contributed by atoms with van der Waals surface area (Å²) in [4.78, 5) is 11.3. The molecule has 0 saturated carbocycles. The van der Waals surface area contributed by atoms with Gasteiger partial charge in [-0.05, 0) is 67.8 Å². The molecule has 1 heterocycles. The van der Waals surface area contributed by atoms with E-state index in [0.29, 0.717) is 22.3 Å². The van der Waals surface area contributed by atoms with E-state index in [9.17, 15) is 14.5 Å². The third-order valence-electron chi connectivity index (χ3n) is 5.68. The van der Waals surface area contributed by atoms with E-state index in [1.807, 2.05) is 55.7 Å². The monoisotopic (exact) mass is 492 g/mol. The van der Waals surface area contributed by atoms with Crippen molar-refractivity contribution < 1.29 is 14.1 Å². The minimum absolute atomic E-state index is 0.213. The molecule has 0 bridgehead atoms. The Morgan fingerprint density at radius 1 is 1.03 bits per heavy atom. The van der Waals surface area contributed by atoms with Crippen molar-refractivity contribution in [2.24, 2.45) is 0 Å². The summed E-state index contributed by atoms with van der Waals surface area (Å²) in [6, 6.07) is 19.4. The summed E-state index contributed by atoms with van der Waals surface area (Å²) in [5, 5.41) is 20.2. The van der Waals surface area contributed by atoms with E-state index in [-0.39, 0.29) is 23.9 Å². The number of aryl methyl sites for hydroxylation is 3. The number of ether oxygens (including phenoxy) is 1. The summed E-state index contributed by atoms with van der Waals surface area (Å²) in [7, 11) is 0. The molecule has 7 nitrogen and oxygen atoms in total. The molecule has 0 unspecified atom stereocenters. The summed E-state index contributed by atoms with van der Waals surface area (Å²) in [6.45, 7) is 5.83. The summed E-state index contributed by atoms with van der Waals surface area (Å²) in [5.74, 6) is 0.904. The first-order valence-electron chi connectivity index (χ1n) is 11.1. The standard InChI is InChI=1S/C26H25FN4O3S/c1-17-8-13-22(14-18(17)2)31-19(3)28-29-26(31)35-25(15-30(32)33)23-6-4-5-7-24(23)34-16-20-9-11-21(27)12-10-20/h4-14,25H,15-16H2,1-3H3/t25-/m1/s1. The lowest BCUT2D eigenvalue weighted by molar-refractivity contribution is -0.479. The zero-order valence-electron chi connectivity index (χ0n) is 19.6. The largest absolute Gasteiger partial charge is 0.489 e. The van der Waals surface area contributed by atoms with Crippen LogP contribution in [0.4, 0.5) is 4.39 Å².